The molecule has 1 unspecified atom stereocenters. The molecule has 0 aliphatic carbocycles. The highest BCUT2D eigenvalue weighted by Crippen LogP contribution is 2.21. The van der Waals surface area contributed by atoms with Crippen LogP contribution in [0, 0.1) is 0 Å². The van der Waals surface area contributed by atoms with E-state index in [2.05, 4.69) is 5.32 Å². The molecule has 32 heavy (non-hydrogen) atoms. The molecular weight excluding hydrogens is 428 g/mol. The van der Waals surface area contributed by atoms with E-state index in [9.17, 15) is 18.0 Å². The van der Waals surface area contributed by atoms with Gasteiger partial charge in [-0.2, -0.15) is 4.31 Å². The molecule has 1 aliphatic heterocycles. The molecule has 1 fully saturated rings. The van der Waals surface area contributed by atoms with E-state index in [1.165, 1.54) is 28.6 Å². The van der Waals surface area contributed by atoms with Crippen LogP contribution < -0.4 is 5.32 Å². The first-order valence-electron chi connectivity index (χ1n) is 11.0. The van der Waals surface area contributed by atoms with Gasteiger partial charge in [-0.1, -0.05) is 50.1 Å². The molecule has 2 aromatic carbocycles. The maximum absolute atomic E-state index is 12.9. The number of hydrogen-bond acceptors (Lipinski definition) is 5. The average molecular weight is 459 g/mol. The van der Waals surface area contributed by atoms with E-state index in [1.807, 2.05) is 30.3 Å². The number of benzene rings is 2. The van der Waals surface area contributed by atoms with Crippen molar-refractivity contribution in [3.8, 4) is 0 Å². The highest BCUT2D eigenvalue weighted by molar-refractivity contribution is 7.89. The predicted molar refractivity (Wildman–Crippen MR) is 121 cm³/mol. The van der Waals surface area contributed by atoms with E-state index >= 15 is 0 Å². The highest BCUT2D eigenvalue weighted by Gasteiger charge is 2.26. The largest absolute Gasteiger partial charge is 0.449 e. The summed E-state index contributed by atoms with van der Waals surface area (Å²) in [5.74, 6) is -1.03. The minimum absolute atomic E-state index is 0.156. The Morgan fingerprint density at radius 1 is 0.969 bits per heavy atom. The summed E-state index contributed by atoms with van der Waals surface area (Å²) in [6.45, 7) is 3.14. The van der Waals surface area contributed by atoms with Crippen LogP contribution in [-0.4, -0.2) is 43.8 Å². The van der Waals surface area contributed by atoms with Crippen molar-refractivity contribution in [2.45, 2.75) is 56.6 Å². The minimum Gasteiger partial charge on any atom is -0.449 e. The molecule has 1 atom stereocenters. The summed E-state index contributed by atoms with van der Waals surface area (Å²) in [4.78, 5) is 25.1. The summed E-state index contributed by atoms with van der Waals surface area (Å²) in [7, 11) is -3.59. The van der Waals surface area contributed by atoms with Crippen LogP contribution in [0.3, 0.4) is 0 Å². The Hall–Kier alpha value is -2.71. The number of amides is 1. The fourth-order valence-electron chi connectivity index (χ4n) is 3.61. The lowest BCUT2D eigenvalue weighted by molar-refractivity contribution is -0.130. The van der Waals surface area contributed by atoms with Gasteiger partial charge < -0.3 is 10.1 Å². The van der Waals surface area contributed by atoms with Gasteiger partial charge in [0.2, 0.25) is 10.0 Å². The molecule has 3 rings (SSSR count). The van der Waals surface area contributed by atoms with Crippen LogP contribution in [0.15, 0.2) is 59.5 Å². The van der Waals surface area contributed by atoms with Crippen LogP contribution in [0.1, 0.15) is 54.9 Å². The number of carbonyl (C=O) groups excluding carboxylic acids is 2. The summed E-state index contributed by atoms with van der Waals surface area (Å²) < 4.78 is 32.7. The third-order valence-electron chi connectivity index (χ3n) is 5.51. The average Bonchev–Trinajstić information content (AvgIpc) is 3.12. The Balaban J connectivity index is 1.61. The van der Waals surface area contributed by atoms with E-state index in [0.29, 0.717) is 26.1 Å². The second-order valence-electron chi connectivity index (χ2n) is 7.85. The van der Waals surface area contributed by atoms with Gasteiger partial charge in [-0.05, 0) is 49.1 Å². The van der Waals surface area contributed by atoms with Gasteiger partial charge in [-0.3, -0.25) is 4.79 Å². The molecule has 1 heterocycles. The quantitative estimate of drug-likeness (QED) is 0.611. The molecule has 1 aliphatic rings. The molecule has 0 radical (unpaired) electrons. The lowest BCUT2D eigenvalue weighted by Crippen LogP contribution is -2.37. The van der Waals surface area contributed by atoms with Gasteiger partial charge in [0.1, 0.15) is 0 Å². The van der Waals surface area contributed by atoms with Crippen LogP contribution in [0.4, 0.5) is 0 Å². The summed E-state index contributed by atoms with van der Waals surface area (Å²) in [6, 6.07) is 15.2. The highest BCUT2D eigenvalue weighted by atomic mass is 32.2. The number of rotatable bonds is 8. The van der Waals surface area contributed by atoms with Crippen molar-refractivity contribution >= 4 is 21.9 Å². The maximum Gasteiger partial charge on any atom is 0.338 e. The molecular formula is C24H30N2O5S. The lowest BCUT2D eigenvalue weighted by Gasteiger charge is -2.20. The lowest BCUT2D eigenvalue weighted by atomic mass is 10.2. The molecule has 0 spiro atoms. The Morgan fingerprint density at radius 3 is 2.19 bits per heavy atom. The molecule has 0 bridgehead atoms. The second-order valence-corrected chi connectivity index (χ2v) is 9.79. The molecule has 2 aromatic rings. The number of nitrogens with zero attached hydrogens (tertiary/aromatic N) is 1. The van der Waals surface area contributed by atoms with Crippen LogP contribution >= 0.6 is 0 Å². The van der Waals surface area contributed by atoms with Crippen molar-refractivity contribution < 1.29 is 22.7 Å². The van der Waals surface area contributed by atoms with Crippen LogP contribution in [0.5, 0.6) is 0 Å². The van der Waals surface area contributed by atoms with Gasteiger partial charge in [-0.15, -0.1) is 0 Å². The smallest absolute Gasteiger partial charge is 0.338 e. The summed E-state index contributed by atoms with van der Waals surface area (Å²) in [6.07, 6.45) is 3.19. The fraction of sp³-hybridized carbons (Fsp3) is 0.417. The number of hydrogen-bond donors (Lipinski definition) is 1. The molecule has 172 valence electrons. The molecule has 1 saturated heterocycles. The van der Waals surface area contributed by atoms with Gasteiger partial charge in [-0.25, -0.2) is 13.2 Å². The summed E-state index contributed by atoms with van der Waals surface area (Å²) in [5.41, 5.74) is 1.15. The standard InChI is InChI=1S/C24H30N2O5S/c1-2-22(23(27)25-18-19-10-6-5-7-11-19)31-24(28)20-12-14-21(15-13-20)32(29,30)26-16-8-3-4-9-17-26/h5-7,10-15,22H,2-4,8-9,16-18H2,1H3,(H,25,27). The van der Waals surface area contributed by atoms with E-state index in [-0.39, 0.29) is 16.4 Å². The summed E-state index contributed by atoms with van der Waals surface area (Å²) in [5, 5.41) is 2.78. The van der Waals surface area contributed by atoms with Crippen molar-refractivity contribution in [2.24, 2.45) is 0 Å². The van der Waals surface area contributed by atoms with Crippen molar-refractivity contribution in [1.82, 2.24) is 9.62 Å². The zero-order valence-corrected chi connectivity index (χ0v) is 19.1. The first-order valence-corrected chi connectivity index (χ1v) is 12.5. The third kappa shape index (κ3) is 6.17. The van der Waals surface area contributed by atoms with E-state index in [4.69, 9.17) is 4.74 Å². The first kappa shape index (κ1) is 23.9. The van der Waals surface area contributed by atoms with Crippen molar-refractivity contribution in [1.29, 1.82) is 0 Å². The van der Waals surface area contributed by atoms with Gasteiger partial charge >= 0.3 is 5.97 Å². The molecule has 1 N–H and O–H groups in total. The van der Waals surface area contributed by atoms with E-state index < -0.39 is 22.1 Å². The second kappa shape index (κ2) is 11.2. The van der Waals surface area contributed by atoms with E-state index in [1.54, 1.807) is 6.92 Å². The number of ether oxygens (including phenoxy) is 1. The monoisotopic (exact) mass is 458 g/mol. The van der Waals surface area contributed by atoms with Gasteiger partial charge in [0, 0.05) is 19.6 Å². The first-order chi connectivity index (χ1) is 15.4. The Morgan fingerprint density at radius 2 is 1.59 bits per heavy atom. The minimum atomic E-state index is -3.59. The normalized spacial score (nSPS) is 16.0. The molecule has 8 heteroatoms. The SMILES string of the molecule is CCC(OC(=O)c1ccc(S(=O)(=O)N2CCCCCC2)cc1)C(=O)NCc1ccccc1. The number of sulfonamides is 1. The maximum atomic E-state index is 12.9. The number of nitrogens with one attached hydrogen (secondary N) is 1. The zero-order valence-electron chi connectivity index (χ0n) is 18.3. The van der Waals surface area contributed by atoms with Crippen LogP contribution in [-0.2, 0) is 26.1 Å². The Kier molecular flexibility index (Phi) is 8.41. The van der Waals surface area contributed by atoms with Gasteiger partial charge in [0.05, 0.1) is 10.5 Å². The predicted octanol–water partition coefficient (Wildman–Crippen LogP) is 3.50. The Bertz CT molecular complexity index is 998. The van der Waals surface area contributed by atoms with Crippen molar-refractivity contribution in [2.75, 3.05) is 13.1 Å². The van der Waals surface area contributed by atoms with Crippen LogP contribution in [0.25, 0.3) is 0 Å². The molecule has 0 aromatic heterocycles. The Labute approximate surface area is 189 Å². The van der Waals surface area contributed by atoms with Gasteiger partial charge in [0.25, 0.3) is 5.91 Å². The van der Waals surface area contributed by atoms with E-state index in [0.717, 1.165) is 31.2 Å². The van der Waals surface area contributed by atoms with Crippen molar-refractivity contribution in [3.05, 3.63) is 65.7 Å². The zero-order chi connectivity index (χ0) is 23.0. The van der Waals surface area contributed by atoms with Crippen molar-refractivity contribution in [3.63, 3.8) is 0 Å². The number of esters is 1. The molecule has 0 saturated carbocycles. The number of carbonyl (C=O) groups is 2. The molecule has 1 amide bonds. The topological polar surface area (TPSA) is 92.8 Å². The van der Waals surface area contributed by atoms with Gasteiger partial charge in [0.15, 0.2) is 6.10 Å². The molecule has 7 nitrogen and oxygen atoms in total. The summed E-state index contributed by atoms with van der Waals surface area (Å²) >= 11 is 0. The fourth-order valence-corrected chi connectivity index (χ4v) is 5.13. The van der Waals surface area contributed by atoms with Crippen LogP contribution in [0.2, 0.25) is 0 Å². The third-order valence-corrected chi connectivity index (χ3v) is 7.43.